The monoisotopic (exact) mass is 1850 g/mol. The molecule has 11 heterocycles. The average Bonchev–Trinajstić information content (AvgIpc) is 1.90. The van der Waals surface area contributed by atoms with Crippen LogP contribution >= 0.6 is 91.1 Å². The molecule has 124 heavy (non-hydrogen) atoms. The molecule has 4 aliphatic rings. The maximum absolute atomic E-state index is 5.20. The molecule has 0 atom stereocenters. The summed E-state index contributed by atoms with van der Waals surface area (Å²) in [4.78, 5) is 33.3. The van der Waals surface area contributed by atoms with E-state index >= 15 is 0 Å². The predicted octanol–water partition coefficient (Wildman–Crippen LogP) is 37.4. The Labute approximate surface area is 797 Å². The first-order chi connectivity index (χ1) is 53.4. The Morgan fingerprint density at radius 3 is 0.887 bits per heavy atom. The number of rotatable bonds is 0. The molecule has 0 saturated heterocycles. The van der Waals surface area contributed by atoms with Crippen LogP contribution < -0.4 is 0 Å². The van der Waals surface area contributed by atoms with Gasteiger partial charge >= 0.3 is 0 Å². The Morgan fingerprint density at radius 2 is 0.742 bits per heavy atom. The van der Waals surface area contributed by atoms with Gasteiger partial charge < -0.3 is 4.42 Å². The van der Waals surface area contributed by atoms with Crippen molar-refractivity contribution in [3.8, 4) is 0 Å². The predicted molar refractivity (Wildman–Crippen MR) is 577 cm³/mol. The summed E-state index contributed by atoms with van der Waals surface area (Å²) in [6, 6.07) is 14.6. The minimum Gasteiger partial charge on any atom is -0.469 e. The van der Waals surface area contributed by atoms with Crippen molar-refractivity contribution in [1.29, 1.82) is 0 Å². The fourth-order valence-corrected chi connectivity index (χ4v) is 15.2. The van der Waals surface area contributed by atoms with Crippen LogP contribution in [-0.4, -0.2) is 52.6 Å². The van der Waals surface area contributed by atoms with Crippen LogP contribution in [0.1, 0.15) is 388 Å². The molecule has 0 unspecified atom stereocenters. The van der Waals surface area contributed by atoms with E-state index in [1.807, 2.05) is 99.1 Å². The Kier molecular flexibility index (Phi) is 62.9. The number of hydrogen-bond acceptors (Lipinski definition) is 18. The lowest BCUT2D eigenvalue weighted by Crippen LogP contribution is -2.12. The molecule has 18 heteroatoms. The van der Waals surface area contributed by atoms with Crippen LogP contribution in [0.4, 0.5) is 0 Å². The molecule has 0 bridgehead atoms. The van der Waals surface area contributed by atoms with Crippen LogP contribution in [0.15, 0.2) is 202 Å². The van der Waals surface area contributed by atoms with Gasteiger partial charge in [-0.3, -0.25) is 15.0 Å². The number of allylic oxidation sites excluding steroid dienone is 11. The third kappa shape index (κ3) is 57.9. The number of aromatic nitrogens is 7. The van der Waals surface area contributed by atoms with Crippen molar-refractivity contribution in [2.75, 3.05) is 6.54 Å². The lowest BCUT2D eigenvalue weighted by molar-refractivity contribution is 0.409. The lowest BCUT2D eigenvalue weighted by Gasteiger charge is -2.18. The van der Waals surface area contributed by atoms with E-state index < -0.39 is 0 Å². The molecule has 9 aromatic heterocycles. The van der Waals surface area contributed by atoms with Crippen molar-refractivity contribution in [2.45, 2.75) is 390 Å². The highest BCUT2D eigenvalue weighted by molar-refractivity contribution is 7.11. The number of aliphatic imine (C=N–C) groups is 2. The molecule has 0 fully saturated rings. The number of thiazole rings is 4. The van der Waals surface area contributed by atoms with Crippen LogP contribution in [0.2, 0.25) is 0 Å². The second-order valence-electron chi connectivity index (χ2n) is 42.1. The van der Waals surface area contributed by atoms with Gasteiger partial charge in [0, 0.05) is 123 Å². The molecule has 0 amide bonds. The first-order valence-corrected chi connectivity index (χ1v) is 47.9. The van der Waals surface area contributed by atoms with Crippen molar-refractivity contribution in [2.24, 2.45) is 31.6 Å². The van der Waals surface area contributed by atoms with Crippen LogP contribution in [0.3, 0.4) is 0 Å². The summed E-state index contributed by atoms with van der Waals surface area (Å²) in [7, 11) is 0. The molecular weight excluding hydrogens is 1670 g/mol. The summed E-state index contributed by atoms with van der Waals surface area (Å²) in [5, 5.41) is 15.9. The van der Waals surface area contributed by atoms with Crippen molar-refractivity contribution in [3.63, 3.8) is 0 Å². The number of furan rings is 1. The minimum atomic E-state index is 0. The molecule has 10 nitrogen and oxygen atoms in total. The summed E-state index contributed by atoms with van der Waals surface area (Å²) in [5.74, 6) is 1.98. The molecule has 0 saturated carbocycles. The van der Waals surface area contributed by atoms with Gasteiger partial charge in [0.05, 0.1) is 39.0 Å². The van der Waals surface area contributed by atoms with E-state index in [4.69, 9.17) is 4.42 Å². The van der Waals surface area contributed by atoms with Gasteiger partial charge in [-0.2, -0.15) is 8.75 Å². The smallest absolute Gasteiger partial charge is 0.147 e. The van der Waals surface area contributed by atoms with E-state index in [0.29, 0.717) is 27.1 Å². The Morgan fingerprint density at radius 1 is 0.323 bits per heavy atom. The van der Waals surface area contributed by atoms with Gasteiger partial charge in [-0.05, 0) is 126 Å². The molecule has 9 aromatic rings. The van der Waals surface area contributed by atoms with Gasteiger partial charge in [-0.15, -0.1) is 68.0 Å². The van der Waals surface area contributed by atoms with Gasteiger partial charge in [0.1, 0.15) is 17.1 Å². The third-order valence-corrected chi connectivity index (χ3v) is 25.0. The highest BCUT2D eigenvalue weighted by Gasteiger charge is 2.24. The quantitative estimate of drug-likeness (QED) is 0.147. The Bertz CT molecular complexity index is 3450. The zero-order valence-corrected chi connectivity index (χ0v) is 86.4. The van der Waals surface area contributed by atoms with Crippen LogP contribution in [0, 0.1) is 21.7 Å². The van der Waals surface area contributed by atoms with Gasteiger partial charge in [-0.25, -0.2) is 19.9 Å². The summed E-state index contributed by atoms with van der Waals surface area (Å²) >= 11 is 13.5. The second kappa shape index (κ2) is 59.4. The summed E-state index contributed by atoms with van der Waals surface area (Å²) < 4.78 is 13.5. The molecule has 2 aliphatic carbocycles. The SMILES string of the molecule is C.C.C.C.C.C.C.CC(C)(C)C1=CCC=C1.CC(C)(C)C1=CCC=C1.CC(C)(C)C1=CCC=N1.CC(C)(C)C1=CCN=C1.CC(C)(C)c1ccco1.CC(C)(C)c1cccs1.CC(C)(C)c1cccs1.CC(C)(C)c1ccsn1.CC(C)(C)c1cncs1.CC(C)(C)c1nccs1.CC(C)(C)c1nccs1.CC(C)(C)c1nccs1.CC(C)(C)c1ncsn1. The standard InChI is InChI=1S/2C9H14.2C8H13N.C8H12O.2C8H12S.5C7H11NS.C6H10N2S.7CH4/c2*1-9(2,3)8-6-4-5-7-8;1-8(2,3)7-4-5-9-6-7;4*1-8(2,3)7-5-4-6-9-7;1-7(2,3)6-4-8-5-9-6;3*1-7(2,3)6-8-4-5-9-6;1-7(2,3)6-4-5-9-8-6;1-6(2,3)5-7-4-9-8-5;;;;;;;/h2*4,6-7H,5H2,1-3H3;4,6H,5H2,1-3H3;5-6H,4H2,1-3H3;3*4-6H,1-3H3;5*4-5H,1-3H3;4H,1-3H3;7*1H4. The van der Waals surface area contributed by atoms with E-state index in [9.17, 15) is 0 Å². The second-order valence-corrected chi connectivity index (χ2v) is 48.8. The van der Waals surface area contributed by atoms with Crippen LogP contribution in [0.25, 0.3) is 0 Å². The first kappa shape index (κ1) is 131. The van der Waals surface area contributed by atoms with Crippen LogP contribution in [-0.2, 0) is 48.7 Å². The van der Waals surface area contributed by atoms with E-state index in [-0.39, 0.29) is 95.3 Å². The third-order valence-electron chi connectivity index (χ3n) is 16.6. The van der Waals surface area contributed by atoms with E-state index in [1.54, 1.807) is 57.1 Å². The van der Waals surface area contributed by atoms with E-state index in [0.717, 1.165) is 37.4 Å². The maximum atomic E-state index is 5.20. The fraction of sp³-hybridized carbons (Fsp3) is 0.594. The Balaban J connectivity index is -0.000000238. The zero-order valence-electron chi connectivity index (χ0n) is 79.8. The largest absolute Gasteiger partial charge is 0.469 e. The van der Waals surface area contributed by atoms with E-state index in [2.05, 4.69) is 403 Å². The fourth-order valence-electron chi connectivity index (χ4n) is 9.34. The maximum Gasteiger partial charge on any atom is 0.147 e. The number of thiophene rings is 2. The van der Waals surface area contributed by atoms with Gasteiger partial charge in [0.2, 0.25) is 0 Å². The molecule has 0 aromatic carbocycles. The molecule has 706 valence electrons. The highest BCUT2D eigenvalue weighted by Crippen LogP contribution is 2.34. The molecule has 2 aliphatic heterocycles. The van der Waals surface area contributed by atoms with Crippen molar-refractivity contribution in [3.05, 3.63) is 235 Å². The first-order valence-electron chi connectivity index (χ1n) is 40.9. The number of nitrogens with zero attached hydrogens (tertiary/aromatic N) is 9. The topological polar surface area (TPSA) is 128 Å². The molecular formula is C106H183N9OS8. The highest BCUT2D eigenvalue weighted by atomic mass is 32.1. The van der Waals surface area contributed by atoms with E-state index in [1.165, 1.54) is 80.8 Å². The summed E-state index contributed by atoms with van der Waals surface area (Å²) in [5.41, 5.74) is 13.8. The minimum absolute atomic E-state index is 0. The summed E-state index contributed by atoms with van der Waals surface area (Å²) in [6.07, 6.45) is 34.2. The van der Waals surface area contributed by atoms with Crippen molar-refractivity contribution < 1.29 is 4.42 Å². The molecule has 0 radical (unpaired) electrons. The normalized spacial score (nSPS) is 13.1. The van der Waals surface area contributed by atoms with Gasteiger partial charge in [-0.1, -0.05) is 383 Å². The van der Waals surface area contributed by atoms with Gasteiger partial charge in [0.25, 0.3) is 0 Å². The zero-order chi connectivity index (χ0) is 89.8. The van der Waals surface area contributed by atoms with Crippen LogP contribution in [0.5, 0.6) is 0 Å². The Hall–Kier alpha value is -5.83. The summed E-state index contributed by atoms with van der Waals surface area (Å²) in [6.45, 7) is 86.3. The molecule has 13 rings (SSSR count). The molecule has 0 spiro atoms. The number of hydrogen-bond donors (Lipinski definition) is 0. The van der Waals surface area contributed by atoms with Crippen molar-refractivity contribution in [1.82, 2.24) is 33.7 Å². The van der Waals surface area contributed by atoms with Gasteiger partial charge in [0.15, 0.2) is 0 Å². The molecule has 0 N–H and O–H groups in total. The van der Waals surface area contributed by atoms with Crippen molar-refractivity contribution >= 4 is 104 Å². The average molecular weight is 1860 g/mol. The lowest BCUT2D eigenvalue weighted by atomic mass is 9.87.